The number of allylic oxidation sites excluding steroid dienone is 4. The molecule has 6 atom stereocenters. The van der Waals surface area contributed by atoms with Gasteiger partial charge < -0.3 is 14.7 Å². The summed E-state index contributed by atoms with van der Waals surface area (Å²) in [6.45, 7) is 8.30. The van der Waals surface area contributed by atoms with Gasteiger partial charge in [0.2, 0.25) is 0 Å². The molecule has 2 saturated heterocycles. The van der Waals surface area contributed by atoms with Crippen LogP contribution in [-0.2, 0) is 22.5 Å². The second-order valence-corrected chi connectivity index (χ2v) is 13.7. The number of likely N-dealkylation sites (N-methyl/N-ethyl adjacent to an activating group) is 1. The number of aromatic nitrogens is 2. The van der Waals surface area contributed by atoms with E-state index < -0.39 is 0 Å². The fourth-order valence-electron chi connectivity index (χ4n) is 9.30. The minimum atomic E-state index is -0.210. The van der Waals surface area contributed by atoms with Crippen LogP contribution in [0.3, 0.4) is 0 Å². The molecule has 4 aromatic rings. The lowest BCUT2D eigenvalue weighted by atomic mass is 9.67. The molecule has 2 aromatic carbocycles. The number of aromatic amines is 2. The summed E-state index contributed by atoms with van der Waals surface area (Å²) in [7, 11) is 3.73. The van der Waals surface area contributed by atoms with Crippen LogP contribution in [-0.4, -0.2) is 65.6 Å². The van der Waals surface area contributed by atoms with Crippen molar-refractivity contribution in [1.82, 2.24) is 19.8 Å². The lowest BCUT2D eigenvalue weighted by Crippen LogP contribution is -2.53. The number of H-pyrrole nitrogens is 2. The van der Waals surface area contributed by atoms with Crippen molar-refractivity contribution in [2.75, 3.05) is 33.8 Å². The van der Waals surface area contributed by atoms with Gasteiger partial charge in [0.1, 0.15) is 0 Å². The van der Waals surface area contributed by atoms with Crippen LogP contribution < -0.4 is 0 Å². The molecule has 2 aromatic heterocycles. The monoisotopic (exact) mass is 600 g/mol. The maximum Gasteiger partial charge on any atom is 0.310 e. The third-order valence-electron chi connectivity index (χ3n) is 11.5. The normalized spacial score (nSPS) is 31.1. The number of likely N-dealkylation sites (tertiary alicyclic amines) is 1. The van der Waals surface area contributed by atoms with E-state index in [1.54, 1.807) is 7.11 Å². The first-order chi connectivity index (χ1) is 22.0. The van der Waals surface area contributed by atoms with Crippen LogP contribution in [0.1, 0.15) is 55.1 Å². The second kappa shape index (κ2) is 11.2. The summed E-state index contributed by atoms with van der Waals surface area (Å²) in [6, 6.07) is 17.6. The summed E-state index contributed by atoms with van der Waals surface area (Å²) in [5, 5.41) is 2.60. The Balaban J connectivity index is 1.38. The van der Waals surface area contributed by atoms with E-state index in [1.807, 2.05) is 0 Å². The van der Waals surface area contributed by atoms with Crippen LogP contribution in [0.5, 0.6) is 0 Å². The van der Waals surface area contributed by atoms with Gasteiger partial charge in [0.05, 0.1) is 13.0 Å². The minimum Gasteiger partial charge on any atom is -0.469 e. The van der Waals surface area contributed by atoms with Crippen molar-refractivity contribution in [2.45, 2.75) is 51.6 Å². The largest absolute Gasteiger partial charge is 0.469 e. The van der Waals surface area contributed by atoms with E-state index >= 15 is 0 Å². The van der Waals surface area contributed by atoms with E-state index in [0.717, 1.165) is 45.4 Å². The molecule has 4 aliphatic heterocycles. The van der Waals surface area contributed by atoms with Crippen molar-refractivity contribution >= 4 is 33.3 Å². The second-order valence-electron chi connectivity index (χ2n) is 13.7. The SMILES string of the molecule is C/C=C1\CN(C)[C@H]2Cc3c([nH]c4ccccc34)[C@H](/C=C3\c4[nH]c5ccccc5c4CN4CC[C@H]3/C(=C/C)C4)CC1C2C(=O)OC. The van der Waals surface area contributed by atoms with Gasteiger partial charge in [-0.15, -0.1) is 0 Å². The zero-order valence-corrected chi connectivity index (χ0v) is 26.9. The zero-order valence-electron chi connectivity index (χ0n) is 26.9. The Hall–Kier alpha value is -3.87. The maximum atomic E-state index is 13.7. The molecule has 6 heteroatoms. The molecule has 6 nitrogen and oxygen atoms in total. The predicted octanol–water partition coefficient (Wildman–Crippen LogP) is 7.21. The number of piperidine rings is 2. The molecule has 4 bridgehead atoms. The number of carbonyl (C=O) groups is 1. The van der Waals surface area contributed by atoms with E-state index in [0.29, 0.717) is 5.92 Å². The number of rotatable bonds is 2. The lowest BCUT2D eigenvalue weighted by Gasteiger charge is -2.46. The quantitative estimate of drug-likeness (QED) is 0.189. The smallest absolute Gasteiger partial charge is 0.310 e. The zero-order chi connectivity index (χ0) is 30.8. The Labute approximate surface area is 265 Å². The summed E-state index contributed by atoms with van der Waals surface area (Å²) in [5.41, 5.74) is 12.0. The Kier molecular flexibility index (Phi) is 7.10. The molecular weight excluding hydrogens is 556 g/mol. The van der Waals surface area contributed by atoms with E-state index in [9.17, 15) is 4.79 Å². The molecule has 3 unspecified atom stereocenters. The van der Waals surface area contributed by atoms with Crippen LogP contribution in [0, 0.1) is 17.8 Å². The van der Waals surface area contributed by atoms with E-state index in [-0.39, 0.29) is 29.8 Å². The number of benzene rings is 2. The van der Waals surface area contributed by atoms with Gasteiger partial charge >= 0.3 is 5.97 Å². The molecule has 5 aliphatic rings. The average Bonchev–Trinajstić information content (AvgIpc) is 3.59. The van der Waals surface area contributed by atoms with Gasteiger partial charge in [-0.25, -0.2) is 0 Å². The van der Waals surface area contributed by atoms with Gasteiger partial charge in [0.15, 0.2) is 0 Å². The van der Waals surface area contributed by atoms with Gasteiger partial charge in [0.25, 0.3) is 0 Å². The van der Waals surface area contributed by atoms with E-state index in [4.69, 9.17) is 4.74 Å². The number of fused-ring (bicyclic) bond motifs is 8. The first-order valence-electron chi connectivity index (χ1n) is 16.7. The van der Waals surface area contributed by atoms with Crippen molar-refractivity contribution in [2.24, 2.45) is 17.8 Å². The van der Waals surface area contributed by atoms with Crippen LogP contribution in [0.4, 0.5) is 0 Å². The highest BCUT2D eigenvalue weighted by molar-refractivity contribution is 5.91. The van der Waals surface area contributed by atoms with Crippen LogP contribution in [0.25, 0.3) is 27.4 Å². The summed E-state index contributed by atoms with van der Waals surface area (Å²) in [4.78, 5) is 26.5. The topological polar surface area (TPSA) is 64.4 Å². The molecule has 232 valence electrons. The van der Waals surface area contributed by atoms with E-state index in [2.05, 4.69) is 107 Å². The Bertz CT molecular complexity index is 1890. The molecule has 0 amide bonds. The number of carbonyl (C=O) groups excluding carboxylic acids is 1. The summed E-state index contributed by atoms with van der Waals surface area (Å²) < 4.78 is 5.55. The number of nitrogens with one attached hydrogen (secondary N) is 2. The number of nitrogens with zero attached hydrogens (tertiary/aromatic N) is 2. The molecule has 6 heterocycles. The molecule has 2 N–H and O–H groups in total. The number of hydrogen-bond acceptors (Lipinski definition) is 4. The fourth-order valence-corrected chi connectivity index (χ4v) is 9.30. The standard InChI is InChI=1S/C39H44N4O2/c1-5-23-20-42(3)35-19-31-27-11-7-9-13-33(27)40-37(31)25(17-29(23)36(35)39(44)45-4)18-30-26-15-16-43(21-24(26)6-2)22-32-28-12-8-10-14-34(28)41-38(30)32/h5-14,18,25-26,29,35-36,40-41H,15-17,19-22H2,1-4H3/b23-5+,24-6+,30-18-/t25-,26-,29?,35-,36?/m0/s1. The molecular formula is C39H44N4O2. The van der Waals surface area contributed by atoms with Crippen molar-refractivity contribution in [3.05, 3.63) is 100 Å². The van der Waals surface area contributed by atoms with Gasteiger partial charge in [-0.1, -0.05) is 65.8 Å². The summed E-state index contributed by atoms with van der Waals surface area (Å²) in [5.74, 6) is 0.299. The van der Waals surface area contributed by atoms with Gasteiger partial charge in [-0.2, -0.15) is 0 Å². The van der Waals surface area contributed by atoms with Crippen LogP contribution >= 0.6 is 0 Å². The average molecular weight is 601 g/mol. The lowest BCUT2D eigenvalue weighted by molar-refractivity contribution is -0.151. The first-order valence-corrected chi connectivity index (χ1v) is 16.7. The van der Waals surface area contributed by atoms with E-state index in [1.165, 1.54) is 61.0 Å². The van der Waals surface area contributed by atoms with Gasteiger partial charge in [-0.3, -0.25) is 14.6 Å². The summed E-state index contributed by atoms with van der Waals surface area (Å²) >= 11 is 0. The first kappa shape index (κ1) is 28.6. The number of para-hydroxylation sites is 2. The predicted molar refractivity (Wildman–Crippen MR) is 182 cm³/mol. The maximum absolute atomic E-state index is 13.7. The van der Waals surface area contributed by atoms with Crippen molar-refractivity contribution in [3.63, 3.8) is 0 Å². The number of hydrogen-bond donors (Lipinski definition) is 2. The van der Waals surface area contributed by atoms with Crippen molar-refractivity contribution < 1.29 is 9.53 Å². The number of esters is 1. The highest BCUT2D eigenvalue weighted by Crippen LogP contribution is 2.49. The molecule has 9 rings (SSSR count). The minimum absolute atomic E-state index is 0.0818. The highest BCUT2D eigenvalue weighted by atomic mass is 16.5. The number of methoxy groups -OCH3 is 1. The molecule has 0 spiro atoms. The molecule has 1 aliphatic carbocycles. The molecule has 0 radical (unpaired) electrons. The fraction of sp³-hybridized carbons (Fsp3) is 0.410. The summed E-state index contributed by atoms with van der Waals surface area (Å²) in [6.07, 6.45) is 10.0. The van der Waals surface area contributed by atoms with Gasteiger partial charge in [0, 0.05) is 70.7 Å². The van der Waals surface area contributed by atoms with Crippen molar-refractivity contribution in [1.29, 1.82) is 0 Å². The Morgan fingerprint density at radius 1 is 0.911 bits per heavy atom. The molecule has 0 saturated carbocycles. The Morgan fingerprint density at radius 2 is 1.62 bits per heavy atom. The molecule has 45 heavy (non-hydrogen) atoms. The third-order valence-corrected chi connectivity index (χ3v) is 11.5. The van der Waals surface area contributed by atoms with Gasteiger partial charge in [-0.05, 0) is 81.5 Å². The Morgan fingerprint density at radius 3 is 2.36 bits per heavy atom. The molecule has 2 fully saturated rings. The third kappa shape index (κ3) is 4.56. The highest BCUT2D eigenvalue weighted by Gasteiger charge is 2.47. The van der Waals surface area contributed by atoms with Crippen LogP contribution in [0.2, 0.25) is 0 Å². The van der Waals surface area contributed by atoms with Crippen molar-refractivity contribution in [3.8, 4) is 0 Å². The van der Waals surface area contributed by atoms with Crippen LogP contribution in [0.15, 0.2) is 77.9 Å². The number of ether oxygens (including phenoxy) is 1.